The summed E-state index contributed by atoms with van der Waals surface area (Å²) >= 11 is 0. The molecule has 4 aliphatic carbocycles. The first kappa shape index (κ1) is 39.8. The van der Waals surface area contributed by atoms with Gasteiger partial charge in [-0.3, -0.25) is 19.2 Å². The predicted octanol–water partition coefficient (Wildman–Crippen LogP) is 1.32. The normalized spacial score (nSPS) is 45.0. The Morgan fingerprint density at radius 2 is 1.63 bits per heavy atom. The Morgan fingerprint density at radius 1 is 1.00 bits per heavy atom. The van der Waals surface area contributed by atoms with Gasteiger partial charge in [-0.05, 0) is 88.7 Å². The van der Waals surface area contributed by atoms with Gasteiger partial charge in [0.15, 0.2) is 17.9 Å². The zero-order chi connectivity index (χ0) is 38.4. The molecule has 1 aliphatic heterocycles. The fourth-order valence-corrected chi connectivity index (χ4v) is 10.8. The lowest BCUT2D eigenvalue weighted by atomic mass is 9.38. The highest BCUT2D eigenvalue weighted by Gasteiger charge is 2.74. The summed E-state index contributed by atoms with van der Waals surface area (Å²) in [6.07, 6.45) is -4.90. The standard InChI is InChI=1S/C38H56O13/c1-18(40)51-33(2,3)13-12-25(42)38(9,48)30-21(41)15-35(6)24-11-10-19-20(37(24,8)26(43)16-36(30,35)7)14-22(31(47)34(19,4)5)49-32-29(46)28(45)27(44)23(17-39)50-32/h10,12-13,20-24,27-30,32,39,41,44-46,48H,11,14-17H2,1-9H3/b13-12+/t20-,21+,22-,23+,24-,27+,28-,29+,30-,32+,35-,36-,37+,38-/m0/s1. The van der Waals surface area contributed by atoms with Crippen molar-refractivity contribution >= 4 is 23.3 Å². The third-order valence-corrected chi connectivity index (χ3v) is 13.7. The molecule has 6 N–H and O–H groups in total. The molecule has 13 heteroatoms. The Balaban J connectivity index is 1.48. The van der Waals surface area contributed by atoms with Gasteiger partial charge in [-0.1, -0.05) is 32.4 Å². The molecule has 0 bridgehead atoms. The maximum Gasteiger partial charge on any atom is 0.303 e. The van der Waals surface area contributed by atoms with Crippen LogP contribution in [0.3, 0.4) is 0 Å². The number of hydrogen-bond donors (Lipinski definition) is 6. The summed E-state index contributed by atoms with van der Waals surface area (Å²) in [5.74, 6) is -3.56. The first-order chi connectivity index (χ1) is 23.3. The van der Waals surface area contributed by atoms with Crippen LogP contribution in [0.15, 0.2) is 23.8 Å². The quantitative estimate of drug-likeness (QED) is 0.119. The van der Waals surface area contributed by atoms with Gasteiger partial charge in [-0.2, -0.15) is 0 Å². The van der Waals surface area contributed by atoms with E-state index in [9.17, 15) is 49.8 Å². The second kappa shape index (κ2) is 12.9. The van der Waals surface area contributed by atoms with Crippen LogP contribution in [0.4, 0.5) is 0 Å². The largest absolute Gasteiger partial charge is 0.456 e. The highest BCUT2D eigenvalue weighted by molar-refractivity contribution is 5.98. The lowest BCUT2D eigenvalue weighted by Crippen LogP contribution is -2.66. The van der Waals surface area contributed by atoms with Crippen LogP contribution in [0.1, 0.15) is 88.0 Å². The Bertz CT molecular complexity index is 1510. The van der Waals surface area contributed by atoms with E-state index in [1.54, 1.807) is 27.7 Å². The molecule has 51 heavy (non-hydrogen) atoms. The molecule has 0 aromatic carbocycles. The maximum atomic E-state index is 14.8. The molecule has 14 atom stereocenters. The Kier molecular flexibility index (Phi) is 10.1. The second-order valence-corrected chi connectivity index (χ2v) is 17.6. The minimum absolute atomic E-state index is 0.0549. The van der Waals surface area contributed by atoms with Crippen molar-refractivity contribution in [3.63, 3.8) is 0 Å². The number of rotatable bonds is 8. The van der Waals surface area contributed by atoms with Gasteiger partial charge >= 0.3 is 5.97 Å². The number of aliphatic hydroxyl groups is 6. The second-order valence-electron chi connectivity index (χ2n) is 17.6. The van der Waals surface area contributed by atoms with Gasteiger partial charge in [0.05, 0.1) is 12.7 Å². The number of ether oxygens (including phenoxy) is 3. The number of fused-ring (bicyclic) bond motifs is 5. The molecule has 0 unspecified atom stereocenters. The van der Waals surface area contributed by atoms with Crippen molar-refractivity contribution in [2.75, 3.05) is 6.61 Å². The number of carbonyl (C=O) groups is 4. The molecule has 0 radical (unpaired) electrons. The number of aliphatic hydroxyl groups excluding tert-OH is 5. The molecule has 5 aliphatic rings. The van der Waals surface area contributed by atoms with Crippen molar-refractivity contribution in [1.82, 2.24) is 0 Å². The van der Waals surface area contributed by atoms with Crippen LogP contribution in [0.2, 0.25) is 0 Å². The number of hydrogen-bond acceptors (Lipinski definition) is 13. The van der Waals surface area contributed by atoms with Crippen LogP contribution in [0.25, 0.3) is 0 Å². The number of esters is 1. The van der Waals surface area contributed by atoms with Gasteiger partial charge in [0.2, 0.25) is 0 Å². The smallest absolute Gasteiger partial charge is 0.303 e. The SMILES string of the molecule is CC(=O)OC(C)(C)/C=C/C(=O)[C@](C)(O)[C@H]1[C@H](O)C[C@@]2(C)[C@@H]3CC=C4[C@H](C[C@H](O[C@@H]5O[C@H](CO)[C@@H](O)[C@H](O)[C@H]5O)C(=O)C4(C)C)[C@@]3(C)C(=O)C[C@@]12C. The van der Waals surface area contributed by atoms with Gasteiger partial charge in [-0.25, -0.2) is 0 Å². The first-order valence-corrected chi connectivity index (χ1v) is 17.9. The lowest BCUT2D eigenvalue weighted by molar-refractivity contribution is -0.311. The summed E-state index contributed by atoms with van der Waals surface area (Å²) in [5.41, 5.74) is -6.34. The summed E-state index contributed by atoms with van der Waals surface area (Å²) in [6, 6.07) is 0. The van der Waals surface area contributed by atoms with Crippen LogP contribution >= 0.6 is 0 Å². The van der Waals surface area contributed by atoms with E-state index in [0.29, 0.717) is 6.42 Å². The molecule has 5 rings (SSSR count). The fourth-order valence-electron chi connectivity index (χ4n) is 10.8. The molecule has 286 valence electrons. The van der Waals surface area contributed by atoms with E-state index < -0.39 is 106 Å². The van der Waals surface area contributed by atoms with E-state index >= 15 is 0 Å². The van der Waals surface area contributed by atoms with Crippen molar-refractivity contribution in [1.29, 1.82) is 0 Å². The monoisotopic (exact) mass is 720 g/mol. The van der Waals surface area contributed by atoms with Gasteiger partial charge < -0.3 is 44.8 Å². The van der Waals surface area contributed by atoms with Crippen molar-refractivity contribution in [2.45, 2.75) is 142 Å². The minimum atomic E-state index is -2.08. The third-order valence-electron chi connectivity index (χ3n) is 13.7. The fraction of sp³-hybridized carbons (Fsp3) is 0.789. The summed E-state index contributed by atoms with van der Waals surface area (Å²) in [7, 11) is 0. The molecule has 0 amide bonds. The summed E-state index contributed by atoms with van der Waals surface area (Å²) in [6.45, 7) is 14.4. The summed E-state index contributed by atoms with van der Waals surface area (Å²) < 4.78 is 16.9. The van der Waals surface area contributed by atoms with Crippen molar-refractivity contribution < 1.29 is 64.0 Å². The van der Waals surface area contributed by atoms with Gasteiger partial charge in [-0.15, -0.1) is 0 Å². The van der Waals surface area contributed by atoms with E-state index in [1.807, 2.05) is 26.8 Å². The van der Waals surface area contributed by atoms with Crippen molar-refractivity contribution in [3.05, 3.63) is 23.8 Å². The molecule has 13 nitrogen and oxygen atoms in total. The molecular weight excluding hydrogens is 664 g/mol. The van der Waals surface area contributed by atoms with E-state index in [-0.39, 0.29) is 36.7 Å². The topological polar surface area (TPSA) is 217 Å². The van der Waals surface area contributed by atoms with E-state index in [1.165, 1.54) is 19.9 Å². The van der Waals surface area contributed by atoms with Gasteiger partial charge in [0.25, 0.3) is 0 Å². The van der Waals surface area contributed by atoms with Crippen LogP contribution in [0.5, 0.6) is 0 Å². The molecule has 3 saturated carbocycles. The van der Waals surface area contributed by atoms with E-state index in [4.69, 9.17) is 14.2 Å². The van der Waals surface area contributed by atoms with Crippen LogP contribution in [-0.4, -0.2) is 115 Å². The number of ketones is 3. The number of Topliss-reactive ketones (excluding diaryl/α,β-unsaturated/α-hetero) is 2. The zero-order valence-electron chi connectivity index (χ0n) is 31.1. The maximum absolute atomic E-state index is 14.8. The molecule has 0 aromatic heterocycles. The molecule has 0 spiro atoms. The van der Waals surface area contributed by atoms with Gasteiger partial charge in [0, 0.05) is 30.1 Å². The highest BCUT2D eigenvalue weighted by atomic mass is 16.7. The Morgan fingerprint density at radius 3 is 2.22 bits per heavy atom. The lowest BCUT2D eigenvalue weighted by Gasteiger charge is -2.64. The average molecular weight is 721 g/mol. The minimum Gasteiger partial charge on any atom is -0.456 e. The summed E-state index contributed by atoms with van der Waals surface area (Å²) in [4.78, 5) is 54.0. The highest BCUT2D eigenvalue weighted by Crippen LogP contribution is 2.74. The van der Waals surface area contributed by atoms with Gasteiger partial charge in [0.1, 0.15) is 47.5 Å². The molecule has 1 heterocycles. The first-order valence-electron chi connectivity index (χ1n) is 17.9. The zero-order valence-corrected chi connectivity index (χ0v) is 31.1. The molecule has 1 saturated heterocycles. The predicted molar refractivity (Wildman–Crippen MR) is 180 cm³/mol. The van der Waals surface area contributed by atoms with Crippen molar-refractivity contribution in [2.24, 2.45) is 39.4 Å². The average Bonchev–Trinajstić information content (AvgIpc) is 3.22. The van der Waals surface area contributed by atoms with E-state index in [2.05, 4.69) is 0 Å². The van der Waals surface area contributed by atoms with Crippen LogP contribution < -0.4 is 0 Å². The Hall–Kier alpha value is -2.36. The molecular formula is C38H56O13. The third kappa shape index (κ3) is 6.00. The van der Waals surface area contributed by atoms with Crippen LogP contribution in [-0.2, 0) is 33.4 Å². The Labute approximate surface area is 299 Å². The number of carbonyl (C=O) groups excluding carboxylic acids is 4. The summed E-state index contributed by atoms with van der Waals surface area (Å²) in [5, 5.41) is 64.7. The van der Waals surface area contributed by atoms with Crippen LogP contribution in [0, 0.1) is 39.4 Å². The number of allylic oxidation sites excluding steroid dienone is 2. The molecule has 0 aromatic rings. The van der Waals surface area contributed by atoms with Crippen molar-refractivity contribution in [3.8, 4) is 0 Å². The molecule has 4 fully saturated rings. The van der Waals surface area contributed by atoms with E-state index in [0.717, 1.165) is 11.6 Å².